The molecule has 2 rings (SSSR count). The molecule has 6 heteroatoms. The number of benzene rings is 2. The van der Waals surface area contributed by atoms with Crippen molar-refractivity contribution in [3.05, 3.63) is 53.6 Å². The molecule has 0 fully saturated rings. The van der Waals surface area contributed by atoms with Crippen molar-refractivity contribution in [2.45, 2.75) is 40.3 Å². The second kappa shape index (κ2) is 11.2. The molecule has 0 bridgehead atoms. The number of anilines is 1. The van der Waals surface area contributed by atoms with Crippen LogP contribution >= 0.6 is 0 Å². The fourth-order valence-electron chi connectivity index (χ4n) is 2.53. The van der Waals surface area contributed by atoms with Crippen LogP contribution in [0.2, 0.25) is 0 Å². The van der Waals surface area contributed by atoms with Gasteiger partial charge in [-0.2, -0.15) is 0 Å². The first-order chi connectivity index (χ1) is 13.5. The number of guanidine groups is 1. The Hall–Kier alpha value is -2.73. The molecule has 0 aliphatic carbocycles. The van der Waals surface area contributed by atoms with Crippen LogP contribution < -0.4 is 20.5 Å². The summed E-state index contributed by atoms with van der Waals surface area (Å²) in [5, 5.41) is 3.09. The third kappa shape index (κ3) is 7.48. The molecule has 0 amide bonds. The van der Waals surface area contributed by atoms with E-state index in [0.717, 1.165) is 28.3 Å². The van der Waals surface area contributed by atoms with Crippen molar-refractivity contribution in [2.75, 3.05) is 25.1 Å². The largest absolute Gasteiger partial charge is 0.491 e. The summed E-state index contributed by atoms with van der Waals surface area (Å²) in [5.41, 5.74) is 9.01. The zero-order chi connectivity index (χ0) is 20.4. The maximum absolute atomic E-state index is 6.04. The van der Waals surface area contributed by atoms with Gasteiger partial charge in [-0.15, -0.1) is 0 Å². The van der Waals surface area contributed by atoms with E-state index in [2.05, 4.69) is 10.3 Å². The van der Waals surface area contributed by atoms with Gasteiger partial charge in [0.05, 0.1) is 19.3 Å². The summed E-state index contributed by atoms with van der Waals surface area (Å²) in [6, 6.07) is 13.7. The first-order valence-corrected chi connectivity index (χ1v) is 9.61. The summed E-state index contributed by atoms with van der Waals surface area (Å²) in [6.45, 7) is 10.2. The van der Waals surface area contributed by atoms with Crippen LogP contribution in [0.15, 0.2) is 47.5 Å². The minimum absolute atomic E-state index is 0.143. The fraction of sp³-hybridized carbons (Fsp3) is 0.409. The molecule has 0 aliphatic heterocycles. The molecule has 0 unspecified atom stereocenters. The van der Waals surface area contributed by atoms with E-state index in [1.54, 1.807) is 0 Å². The zero-order valence-electron chi connectivity index (χ0n) is 17.2. The second-order valence-electron chi connectivity index (χ2n) is 6.67. The number of nitrogens with two attached hydrogens (primary N) is 1. The lowest BCUT2D eigenvalue weighted by Crippen LogP contribution is -2.22. The third-order valence-corrected chi connectivity index (χ3v) is 3.83. The number of aliphatic imine (C=N–C) groups is 1. The lowest BCUT2D eigenvalue weighted by molar-refractivity contribution is 0.110. The van der Waals surface area contributed by atoms with Crippen molar-refractivity contribution in [3.8, 4) is 11.5 Å². The molecule has 0 saturated heterocycles. The van der Waals surface area contributed by atoms with E-state index in [-0.39, 0.29) is 6.10 Å². The van der Waals surface area contributed by atoms with Crippen LogP contribution in [-0.2, 0) is 11.3 Å². The Morgan fingerprint density at radius 1 is 1.11 bits per heavy atom. The summed E-state index contributed by atoms with van der Waals surface area (Å²) in [7, 11) is 0. The van der Waals surface area contributed by atoms with E-state index in [4.69, 9.17) is 19.9 Å². The minimum Gasteiger partial charge on any atom is -0.491 e. The van der Waals surface area contributed by atoms with Gasteiger partial charge >= 0.3 is 0 Å². The maximum Gasteiger partial charge on any atom is 0.193 e. The Morgan fingerprint density at radius 3 is 2.54 bits per heavy atom. The molecule has 6 nitrogen and oxygen atoms in total. The van der Waals surface area contributed by atoms with E-state index in [1.807, 2.05) is 70.2 Å². The Labute approximate surface area is 167 Å². The lowest BCUT2D eigenvalue weighted by Gasteiger charge is -2.12. The topological polar surface area (TPSA) is 78.1 Å². The summed E-state index contributed by atoms with van der Waals surface area (Å²) in [6.07, 6.45) is 0.143. The Morgan fingerprint density at radius 2 is 1.86 bits per heavy atom. The fourth-order valence-corrected chi connectivity index (χ4v) is 2.53. The second-order valence-corrected chi connectivity index (χ2v) is 6.67. The van der Waals surface area contributed by atoms with Gasteiger partial charge in [-0.05, 0) is 63.6 Å². The normalized spacial score (nSPS) is 11.5. The average Bonchev–Trinajstić information content (AvgIpc) is 2.66. The van der Waals surface area contributed by atoms with Crippen LogP contribution in [0.25, 0.3) is 0 Å². The monoisotopic (exact) mass is 385 g/mol. The van der Waals surface area contributed by atoms with Gasteiger partial charge in [-0.1, -0.05) is 12.1 Å². The summed E-state index contributed by atoms with van der Waals surface area (Å²) >= 11 is 0. The highest BCUT2D eigenvalue weighted by atomic mass is 16.5. The van der Waals surface area contributed by atoms with Crippen molar-refractivity contribution >= 4 is 11.6 Å². The predicted molar refractivity (Wildman–Crippen MR) is 114 cm³/mol. The van der Waals surface area contributed by atoms with E-state index in [0.29, 0.717) is 32.3 Å². The molecule has 0 atom stereocenters. The van der Waals surface area contributed by atoms with Gasteiger partial charge < -0.3 is 25.3 Å². The number of aryl methyl sites for hydroxylation is 1. The van der Waals surface area contributed by atoms with E-state index in [9.17, 15) is 0 Å². The number of hydrogen-bond acceptors (Lipinski definition) is 4. The number of hydrogen-bond donors (Lipinski definition) is 2. The summed E-state index contributed by atoms with van der Waals surface area (Å²) in [5.74, 6) is 1.98. The Bertz CT molecular complexity index is 758. The van der Waals surface area contributed by atoms with Crippen LogP contribution in [-0.4, -0.2) is 31.9 Å². The van der Waals surface area contributed by atoms with Crippen molar-refractivity contribution in [3.63, 3.8) is 0 Å². The van der Waals surface area contributed by atoms with E-state index < -0.39 is 0 Å². The van der Waals surface area contributed by atoms with Gasteiger partial charge in [-0.25, -0.2) is 4.99 Å². The SMILES string of the molecule is CCOCCOc1cc(C)ccc1CN=C(N)Nc1ccc(OC(C)C)cc1. The first kappa shape index (κ1) is 21.6. The van der Waals surface area contributed by atoms with Crippen molar-refractivity contribution in [2.24, 2.45) is 10.7 Å². The van der Waals surface area contributed by atoms with Gasteiger partial charge in [0.15, 0.2) is 5.96 Å². The molecule has 0 heterocycles. The van der Waals surface area contributed by atoms with Gasteiger partial charge in [0.1, 0.15) is 18.1 Å². The molecular formula is C22H31N3O3. The van der Waals surface area contributed by atoms with Gasteiger partial charge in [0.25, 0.3) is 0 Å². The third-order valence-electron chi connectivity index (χ3n) is 3.83. The highest BCUT2D eigenvalue weighted by Gasteiger charge is 2.05. The molecular weight excluding hydrogens is 354 g/mol. The van der Waals surface area contributed by atoms with Crippen LogP contribution in [0.1, 0.15) is 31.9 Å². The standard InChI is InChI=1S/C22H31N3O3/c1-5-26-12-13-27-21-14-17(4)6-7-18(21)15-24-22(23)25-19-8-10-20(11-9-19)28-16(2)3/h6-11,14,16H,5,12-13,15H2,1-4H3,(H3,23,24,25). The zero-order valence-corrected chi connectivity index (χ0v) is 17.2. The quantitative estimate of drug-likeness (QED) is 0.365. The van der Waals surface area contributed by atoms with Crippen molar-refractivity contribution < 1.29 is 14.2 Å². The van der Waals surface area contributed by atoms with Crippen LogP contribution in [0.5, 0.6) is 11.5 Å². The highest BCUT2D eigenvalue weighted by molar-refractivity contribution is 5.92. The van der Waals surface area contributed by atoms with E-state index in [1.165, 1.54) is 0 Å². The van der Waals surface area contributed by atoms with Crippen molar-refractivity contribution in [1.82, 2.24) is 0 Å². The van der Waals surface area contributed by atoms with Crippen LogP contribution in [0, 0.1) is 6.92 Å². The van der Waals surface area contributed by atoms with Gasteiger partial charge in [0.2, 0.25) is 0 Å². The molecule has 0 saturated carbocycles. The summed E-state index contributed by atoms with van der Waals surface area (Å²) < 4.78 is 16.8. The molecule has 28 heavy (non-hydrogen) atoms. The lowest BCUT2D eigenvalue weighted by atomic mass is 10.1. The number of ether oxygens (including phenoxy) is 3. The smallest absolute Gasteiger partial charge is 0.193 e. The number of nitrogens with one attached hydrogen (secondary N) is 1. The van der Waals surface area contributed by atoms with Gasteiger partial charge in [-0.3, -0.25) is 0 Å². The highest BCUT2D eigenvalue weighted by Crippen LogP contribution is 2.21. The Kier molecular flexibility index (Phi) is 8.62. The average molecular weight is 386 g/mol. The molecule has 0 radical (unpaired) electrons. The molecule has 0 spiro atoms. The molecule has 2 aromatic carbocycles. The molecule has 0 aliphatic rings. The Balaban J connectivity index is 1.96. The van der Waals surface area contributed by atoms with Crippen LogP contribution in [0.3, 0.4) is 0 Å². The molecule has 3 N–H and O–H groups in total. The summed E-state index contributed by atoms with van der Waals surface area (Å²) in [4.78, 5) is 4.44. The first-order valence-electron chi connectivity index (χ1n) is 9.61. The van der Waals surface area contributed by atoms with Gasteiger partial charge in [0, 0.05) is 17.9 Å². The minimum atomic E-state index is 0.143. The van der Waals surface area contributed by atoms with Crippen LogP contribution in [0.4, 0.5) is 5.69 Å². The number of nitrogens with zero attached hydrogens (tertiary/aromatic N) is 1. The maximum atomic E-state index is 6.04. The van der Waals surface area contributed by atoms with E-state index >= 15 is 0 Å². The molecule has 2 aromatic rings. The molecule has 0 aromatic heterocycles. The number of rotatable bonds is 10. The molecule has 152 valence electrons. The predicted octanol–water partition coefficient (Wildman–Crippen LogP) is 4.12. The van der Waals surface area contributed by atoms with Crippen molar-refractivity contribution in [1.29, 1.82) is 0 Å².